The molecule has 1 heterocycles. The van der Waals surface area contributed by atoms with Gasteiger partial charge in [-0.1, -0.05) is 65.9 Å². The molecule has 0 aromatic heterocycles. The Bertz CT molecular complexity index is 703. The topological polar surface area (TPSA) is 30.5 Å². The van der Waals surface area contributed by atoms with E-state index in [2.05, 4.69) is 51.2 Å². The Balaban J connectivity index is 1.34. The Labute approximate surface area is 171 Å². The molecule has 3 unspecified atom stereocenters. The molecule has 3 heteroatoms. The van der Waals surface area contributed by atoms with Crippen LogP contribution in [-0.4, -0.2) is 19.4 Å². The number of ether oxygens (including phenoxy) is 2. The lowest BCUT2D eigenvalue weighted by Crippen LogP contribution is -2.78. The van der Waals surface area contributed by atoms with Crippen molar-refractivity contribution in [2.45, 2.75) is 96.8 Å². The van der Waals surface area contributed by atoms with E-state index in [4.69, 9.17) is 9.47 Å². The van der Waals surface area contributed by atoms with Gasteiger partial charge in [0, 0.05) is 12.0 Å². The van der Waals surface area contributed by atoms with Gasteiger partial charge in [0.05, 0.1) is 12.1 Å². The highest BCUT2D eigenvalue weighted by Gasteiger charge is 2.67. The molecule has 1 aliphatic heterocycles. The van der Waals surface area contributed by atoms with Crippen LogP contribution in [0.25, 0.3) is 0 Å². The average Bonchev–Trinajstić information content (AvgIpc) is 2.65. The molecule has 3 aliphatic rings. The summed E-state index contributed by atoms with van der Waals surface area (Å²) in [6, 6.07) is 6.67. The van der Waals surface area contributed by atoms with Gasteiger partial charge < -0.3 is 14.8 Å². The lowest BCUT2D eigenvalue weighted by Gasteiger charge is -2.69. The largest absolute Gasteiger partial charge is 0.465 e. The summed E-state index contributed by atoms with van der Waals surface area (Å²) in [6.07, 6.45) is 9.14. The number of hydrogen-bond donors (Lipinski definition) is 1. The van der Waals surface area contributed by atoms with E-state index in [-0.39, 0.29) is 17.2 Å². The van der Waals surface area contributed by atoms with E-state index in [0.717, 1.165) is 24.8 Å². The van der Waals surface area contributed by atoms with Gasteiger partial charge in [0.25, 0.3) is 0 Å². The molecule has 1 saturated heterocycles. The fourth-order valence-electron chi connectivity index (χ4n) is 5.90. The van der Waals surface area contributed by atoms with E-state index in [1.54, 1.807) is 0 Å². The molecule has 2 fully saturated rings. The average molecular weight is 386 g/mol. The van der Waals surface area contributed by atoms with E-state index < -0.39 is 0 Å². The van der Waals surface area contributed by atoms with Crippen molar-refractivity contribution in [3.8, 4) is 5.75 Å². The van der Waals surface area contributed by atoms with Gasteiger partial charge >= 0.3 is 0 Å². The molecular formula is C25H39NO2. The molecule has 1 N–H and O–H groups in total. The number of fused-ring (bicyclic) bond motifs is 4. The summed E-state index contributed by atoms with van der Waals surface area (Å²) in [5.74, 6) is 1.81. The highest BCUT2D eigenvalue weighted by atomic mass is 16.7. The highest BCUT2D eigenvalue weighted by Crippen LogP contribution is 2.63. The Morgan fingerprint density at radius 2 is 1.89 bits per heavy atom. The fourth-order valence-corrected chi connectivity index (χ4v) is 5.90. The van der Waals surface area contributed by atoms with E-state index in [0.29, 0.717) is 5.41 Å². The van der Waals surface area contributed by atoms with Crippen LogP contribution in [0.1, 0.15) is 90.7 Å². The predicted octanol–water partition coefficient (Wildman–Crippen LogP) is 5.90. The maximum atomic E-state index is 6.12. The molecule has 1 saturated carbocycles. The third-order valence-corrected chi connectivity index (χ3v) is 7.43. The summed E-state index contributed by atoms with van der Waals surface area (Å²) in [5, 5.41) is 3.77. The minimum absolute atomic E-state index is 0.154. The molecule has 1 aromatic rings. The van der Waals surface area contributed by atoms with E-state index in [1.165, 1.54) is 56.1 Å². The van der Waals surface area contributed by atoms with Crippen molar-refractivity contribution in [1.29, 1.82) is 0 Å². The van der Waals surface area contributed by atoms with Gasteiger partial charge in [0.15, 0.2) is 6.29 Å². The van der Waals surface area contributed by atoms with Crippen LogP contribution in [0.5, 0.6) is 5.75 Å². The summed E-state index contributed by atoms with van der Waals surface area (Å²) in [6.45, 7) is 13.3. The zero-order chi connectivity index (χ0) is 20.0. The van der Waals surface area contributed by atoms with Gasteiger partial charge in [0.2, 0.25) is 0 Å². The number of hydrogen-bond acceptors (Lipinski definition) is 3. The molecule has 0 radical (unpaired) electrons. The molecule has 0 amide bonds. The monoisotopic (exact) mass is 385 g/mol. The van der Waals surface area contributed by atoms with Crippen LogP contribution >= 0.6 is 0 Å². The maximum Gasteiger partial charge on any atom is 0.196 e. The quantitative estimate of drug-likeness (QED) is 0.592. The molecule has 2 aliphatic carbocycles. The van der Waals surface area contributed by atoms with E-state index in [1.807, 2.05) is 6.92 Å². The van der Waals surface area contributed by atoms with Crippen molar-refractivity contribution in [2.75, 3.05) is 13.2 Å². The smallest absolute Gasteiger partial charge is 0.196 e. The van der Waals surface area contributed by atoms with Crippen LogP contribution < -0.4 is 10.1 Å². The van der Waals surface area contributed by atoms with Crippen molar-refractivity contribution < 1.29 is 9.47 Å². The summed E-state index contributed by atoms with van der Waals surface area (Å²) < 4.78 is 12.1. The lowest BCUT2D eigenvalue weighted by molar-refractivity contribution is -0.0717. The van der Waals surface area contributed by atoms with Crippen molar-refractivity contribution in [2.24, 2.45) is 11.3 Å². The Morgan fingerprint density at radius 3 is 2.54 bits per heavy atom. The van der Waals surface area contributed by atoms with Crippen molar-refractivity contribution in [3.63, 3.8) is 0 Å². The minimum atomic E-state index is -0.187. The summed E-state index contributed by atoms with van der Waals surface area (Å²) >= 11 is 0. The first kappa shape index (κ1) is 20.2. The third-order valence-electron chi connectivity index (χ3n) is 7.43. The maximum absolute atomic E-state index is 6.12. The molecule has 0 bridgehead atoms. The SMILES string of the molecule is CC(OCCC1CCCCC1)Oc1ccc2c(c1)C1(C)CNC21CC(C)(C)C. The lowest BCUT2D eigenvalue weighted by atomic mass is 9.44. The molecular weight excluding hydrogens is 346 g/mol. The second-order valence-electron chi connectivity index (χ2n) is 10.9. The zero-order valence-corrected chi connectivity index (χ0v) is 18.6. The first-order valence-electron chi connectivity index (χ1n) is 11.4. The molecule has 0 spiro atoms. The molecule has 4 rings (SSSR count). The van der Waals surface area contributed by atoms with Crippen LogP contribution in [0.3, 0.4) is 0 Å². The first-order valence-corrected chi connectivity index (χ1v) is 11.4. The molecule has 156 valence electrons. The number of benzene rings is 1. The normalized spacial score (nSPS) is 30.6. The third kappa shape index (κ3) is 3.50. The summed E-state index contributed by atoms with van der Waals surface area (Å²) in [5.41, 5.74) is 3.63. The second kappa shape index (κ2) is 7.32. The van der Waals surface area contributed by atoms with Gasteiger partial charge in [-0.2, -0.15) is 0 Å². The van der Waals surface area contributed by atoms with Gasteiger partial charge in [0.1, 0.15) is 5.75 Å². The van der Waals surface area contributed by atoms with Gasteiger partial charge in [-0.25, -0.2) is 0 Å². The molecule has 1 aromatic carbocycles. The Kier molecular flexibility index (Phi) is 5.29. The van der Waals surface area contributed by atoms with Crippen LogP contribution in [0.2, 0.25) is 0 Å². The summed E-state index contributed by atoms with van der Waals surface area (Å²) in [4.78, 5) is 0. The standard InChI is InChI=1S/C25H39NO2/c1-18(27-14-13-19-9-7-6-8-10-19)28-20-11-12-21-22(15-20)24(5)17-26-25(21,24)16-23(2,3)4/h11-12,15,18-19,26H,6-10,13-14,16-17H2,1-5H3. The van der Waals surface area contributed by atoms with Crippen LogP contribution in [-0.2, 0) is 15.7 Å². The molecule has 28 heavy (non-hydrogen) atoms. The van der Waals surface area contributed by atoms with Crippen LogP contribution in [0.4, 0.5) is 0 Å². The predicted molar refractivity (Wildman–Crippen MR) is 115 cm³/mol. The van der Waals surface area contributed by atoms with Crippen LogP contribution in [0, 0.1) is 11.3 Å². The van der Waals surface area contributed by atoms with Gasteiger partial charge in [-0.3, -0.25) is 0 Å². The summed E-state index contributed by atoms with van der Waals surface area (Å²) in [7, 11) is 0. The van der Waals surface area contributed by atoms with Crippen molar-refractivity contribution in [3.05, 3.63) is 29.3 Å². The molecule has 3 nitrogen and oxygen atoms in total. The van der Waals surface area contributed by atoms with Crippen LogP contribution in [0.15, 0.2) is 18.2 Å². The minimum Gasteiger partial charge on any atom is -0.465 e. The van der Waals surface area contributed by atoms with Crippen molar-refractivity contribution in [1.82, 2.24) is 5.32 Å². The van der Waals surface area contributed by atoms with E-state index in [9.17, 15) is 0 Å². The zero-order valence-electron chi connectivity index (χ0n) is 18.6. The second-order valence-corrected chi connectivity index (χ2v) is 10.9. The Morgan fingerprint density at radius 1 is 1.14 bits per heavy atom. The van der Waals surface area contributed by atoms with Crippen molar-refractivity contribution >= 4 is 0 Å². The van der Waals surface area contributed by atoms with E-state index >= 15 is 0 Å². The van der Waals surface area contributed by atoms with Gasteiger partial charge in [-0.15, -0.1) is 0 Å². The highest BCUT2D eigenvalue weighted by molar-refractivity contribution is 5.60. The first-order chi connectivity index (χ1) is 13.2. The fraction of sp³-hybridized carbons (Fsp3) is 0.760. The number of rotatable bonds is 7. The molecule has 3 atom stereocenters. The number of nitrogens with one attached hydrogen (secondary N) is 1. The van der Waals surface area contributed by atoms with Gasteiger partial charge in [-0.05, 0) is 54.4 Å². The Hall–Kier alpha value is -1.06.